The molecule has 1 unspecified atom stereocenters. The van der Waals surface area contributed by atoms with Gasteiger partial charge in [-0.05, 0) is 31.7 Å². The van der Waals surface area contributed by atoms with E-state index in [0.29, 0.717) is 6.54 Å². The highest BCUT2D eigenvalue weighted by Gasteiger charge is 2.28. The number of methoxy groups -OCH3 is 1. The lowest BCUT2D eigenvalue weighted by Crippen LogP contribution is -2.43. The number of hydrogen-bond acceptors (Lipinski definition) is 4. The van der Waals surface area contributed by atoms with Crippen molar-refractivity contribution in [3.63, 3.8) is 0 Å². The van der Waals surface area contributed by atoms with Gasteiger partial charge < -0.3 is 9.84 Å². The van der Waals surface area contributed by atoms with Gasteiger partial charge in [0.2, 0.25) is 0 Å². The Labute approximate surface area is 116 Å². The molecule has 2 aliphatic rings. The van der Waals surface area contributed by atoms with E-state index in [1.807, 2.05) is 0 Å². The first-order valence-electron chi connectivity index (χ1n) is 7.67. The van der Waals surface area contributed by atoms with Crippen molar-refractivity contribution < 1.29 is 14.6 Å². The highest BCUT2D eigenvalue weighted by atomic mass is 16.5. The van der Waals surface area contributed by atoms with Crippen LogP contribution >= 0.6 is 0 Å². The topological polar surface area (TPSA) is 49.8 Å². The molecule has 4 heteroatoms. The van der Waals surface area contributed by atoms with E-state index in [4.69, 9.17) is 4.74 Å². The minimum Gasteiger partial charge on any atom is -0.469 e. The molecular weight excluding hydrogens is 242 g/mol. The Morgan fingerprint density at radius 1 is 1.32 bits per heavy atom. The van der Waals surface area contributed by atoms with Gasteiger partial charge in [-0.15, -0.1) is 0 Å². The zero-order valence-corrected chi connectivity index (χ0v) is 12.0. The average molecular weight is 269 g/mol. The predicted octanol–water partition coefficient (Wildman–Crippen LogP) is 1.81. The molecule has 0 amide bonds. The maximum absolute atomic E-state index is 11.6. The number of hydrogen-bond donors (Lipinski definition) is 1. The lowest BCUT2D eigenvalue weighted by atomic mass is 9.96. The molecule has 0 aromatic heterocycles. The zero-order chi connectivity index (χ0) is 13.7. The number of piperidine rings is 1. The average Bonchev–Trinajstić information content (AvgIpc) is 2.90. The Morgan fingerprint density at radius 3 is 2.74 bits per heavy atom. The van der Waals surface area contributed by atoms with E-state index in [9.17, 15) is 9.90 Å². The molecule has 2 fully saturated rings. The van der Waals surface area contributed by atoms with Crippen LogP contribution in [0, 0.1) is 11.8 Å². The van der Waals surface area contributed by atoms with E-state index < -0.39 is 0 Å². The molecule has 1 aliphatic heterocycles. The van der Waals surface area contributed by atoms with Crippen LogP contribution in [-0.2, 0) is 9.53 Å². The summed E-state index contributed by atoms with van der Waals surface area (Å²) in [6.45, 7) is 2.45. The fourth-order valence-electron chi connectivity index (χ4n) is 3.58. The smallest absolute Gasteiger partial charge is 0.309 e. The minimum atomic E-state index is -0.237. The summed E-state index contributed by atoms with van der Waals surface area (Å²) < 4.78 is 4.82. The van der Waals surface area contributed by atoms with Gasteiger partial charge in [-0.25, -0.2) is 0 Å². The molecule has 0 aromatic rings. The highest BCUT2D eigenvalue weighted by Crippen LogP contribution is 2.29. The monoisotopic (exact) mass is 269 g/mol. The molecule has 2 rings (SSSR count). The third kappa shape index (κ3) is 4.46. The number of esters is 1. The van der Waals surface area contributed by atoms with Crippen molar-refractivity contribution in [1.82, 2.24) is 4.90 Å². The van der Waals surface area contributed by atoms with Crippen LogP contribution in [0.5, 0.6) is 0 Å². The van der Waals surface area contributed by atoms with Crippen molar-refractivity contribution in [2.45, 2.75) is 51.0 Å². The number of β-amino-alcohol motifs (C(OH)–C–C–N with tert-alkyl or cyclic N) is 1. The molecule has 0 aromatic carbocycles. The van der Waals surface area contributed by atoms with E-state index in [0.717, 1.165) is 38.3 Å². The lowest BCUT2D eigenvalue weighted by Gasteiger charge is -2.33. The van der Waals surface area contributed by atoms with Gasteiger partial charge in [0.25, 0.3) is 0 Å². The molecule has 19 heavy (non-hydrogen) atoms. The van der Waals surface area contributed by atoms with E-state index >= 15 is 0 Å². The van der Waals surface area contributed by atoms with Crippen LogP contribution in [-0.4, -0.2) is 48.8 Å². The second kappa shape index (κ2) is 7.25. The molecule has 2 atom stereocenters. The van der Waals surface area contributed by atoms with Crippen molar-refractivity contribution in [3.05, 3.63) is 0 Å². The van der Waals surface area contributed by atoms with Crippen LogP contribution in [0.25, 0.3) is 0 Å². The summed E-state index contributed by atoms with van der Waals surface area (Å²) >= 11 is 0. The van der Waals surface area contributed by atoms with Gasteiger partial charge in [-0.2, -0.15) is 0 Å². The second-order valence-corrected chi connectivity index (χ2v) is 6.16. The third-order valence-electron chi connectivity index (χ3n) is 4.59. The molecular formula is C15H27NO3. The van der Waals surface area contributed by atoms with Crippen molar-refractivity contribution in [1.29, 1.82) is 0 Å². The summed E-state index contributed by atoms with van der Waals surface area (Å²) in [5.41, 5.74) is 0. The Hall–Kier alpha value is -0.610. The number of rotatable bonds is 5. The van der Waals surface area contributed by atoms with Crippen LogP contribution in [0.1, 0.15) is 44.9 Å². The van der Waals surface area contributed by atoms with E-state index in [-0.39, 0.29) is 18.0 Å². The molecule has 1 N–H and O–H groups in total. The Kier molecular flexibility index (Phi) is 5.64. The van der Waals surface area contributed by atoms with Crippen molar-refractivity contribution in [2.75, 3.05) is 26.7 Å². The van der Waals surface area contributed by atoms with Crippen LogP contribution in [0.3, 0.4) is 0 Å². The summed E-state index contributed by atoms with van der Waals surface area (Å²) in [7, 11) is 1.45. The number of nitrogens with zero attached hydrogens (tertiary/aromatic N) is 1. The fraction of sp³-hybridized carbons (Fsp3) is 0.933. The highest BCUT2D eigenvalue weighted by molar-refractivity contribution is 5.72. The Morgan fingerprint density at radius 2 is 2.05 bits per heavy atom. The first kappa shape index (κ1) is 14.8. The molecule has 1 aliphatic carbocycles. The summed E-state index contributed by atoms with van der Waals surface area (Å²) in [5.74, 6) is 0.614. The summed E-state index contributed by atoms with van der Waals surface area (Å²) in [4.78, 5) is 13.8. The van der Waals surface area contributed by atoms with Gasteiger partial charge in [0, 0.05) is 13.1 Å². The SMILES string of the molecule is COC(=O)[C@H]1CCCN(CC(O)CC2CCCC2)C1. The maximum atomic E-state index is 11.6. The first-order chi connectivity index (χ1) is 9.19. The Bertz CT molecular complexity index is 289. The number of aliphatic hydroxyl groups is 1. The van der Waals surface area contributed by atoms with Crippen molar-refractivity contribution >= 4 is 5.97 Å². The molecule has 1 saturated heterocycles. The molecule has 0 spiro atoms. The molecule has 110 valence electrons. The van der Waals surface area contributed by atoms with E-state index in [1.54, 1.807) is 0 Å². The summed E-state index contributed by atoms with van der Waals surface area (Å²) in [6.07, 6.45) is 7.84. The Balaban J connectivity index is 1.73. The van der Waals surface area contributed by atoms with Crippen LogP contribution in [0.15, 0.2) is 0 Å². The van der Waals surface area contributed by atoms with Gasteiger partial charge in [0.05, 0.1) is 19.1 Å². The number of ether oxygens (including phenoxy) is 1. The molecule has 1 saturated carbocycles. The van der Waals surface area contributed by atoms with E-state index in [2.05, 4.69) is 4.90 Å². The largest absolute Gasteiger partial charge is 0.469 e. The summed E-state index contributed by atoms with van der Waals surface area (Å²) in [6, 6.07) is 0. The lowest BCUT2D eigenvalue weighted by molar-refractivity contribution is -0.147. The van der Waals surface area contributed by atoms with Crippen LogP contribution in [0.2, 0.25) is 0 Å². The van der Waals surface area contributed by atoms with Gasteiger partial charge in [-0.3, -0.25) is 9.69 Å². The molecule has 0 radical (unpaired) electrons. The van der Waals surface area contributed by atoms with Gasteiger partial charge in [-0.1, -0.05) is 25.7 Å². The first-order valence-corrected chi connectivity index (χ1v) is 7.67. The van der Waals surface area contributed by atoms with Gasteiger partial charge >= 0.3 is 5.97 Å². The third-order valence-corrected chi connectivity index (χ3v) is 4.59. The molecule has 4 nitrogen and oxygen atoms in total. The minimum absolute atomic E-state index is 0.00238. The normalized spacial score (nSPS) is 27.4. The number of aliphatic hydroxyl groups excluding tert-OH is 1. The second-order valence-electron chi connectivity index (χ2n) is 6.16. The maximum Gasteiger partial charge on any atom is 0.309 e. The predicted molar refractivity (Wildman–Crippen MR) is 73.8 cm³/mol. The quantitative estimate of drug-likeness (QED) is 0.773. The van der Waals surface area contributed by atoms with E-state index in [1.165, 1.54) is 32.8 Å². The van der Waals surface area contributed by atoms with Crippen molar-refractivity contribution in [2.24, 2.45) is 11.8 Å². The van der Waals surface area contributed by atoms with Crippen LogP contribution in [0.4, 0.5) is 0 Å². The molecule has 1 heterocycles. The summed E-state index contributed by atoms with van der Waals surface area (Å²) in [5, 5.41) is 10.2. The zero-order valence-electron chi connectivity index (χ0n) is 12.0. The number of carbonyl (C=O) groups excluding carboxylic acids is 1. The fourth-order valence-corrected chi connectivity index (χ4v) is 3.58. The van der Waals surface area contributed by atoms with Crippen LogP contribution < -0.4 is 0 Å². The standard InChI is InChI=1S/C15H27NO3/c1-19-15(18)13-7-4-8-16(10-13)11-14(17)9-12-5-2-3-6-12/h12-14,17H,2-11H2,1H3/t13-,14?/m0/s1. The van der Waals surface area contributed by atoms with Gasteiger partial charge in [0.15, 0.2) is 0 Å². The number of carbonyl (C=O) groups is 1. The molecule has 0 bridgehead atoms. The number of likely N-dealkylation sites (tertiary alicyclic amines) is 1. The van der Waals surface area contributed by atoms with Crippen molar-refractivity contribution in [3.8, 4) is 0 Å². The van der Waals surface area contributed by atoms with Gasteiger partial charge in [0.1, 0.15) is 0 Å².